The van der Waals surface area contributed by atoms with E-state index in [1.807, 2.05) is 38.2 Å². The van der Waals surface area contributed by atoms with Crippen LogP contribution in [0.5, 0.6) is 0 Å². The zero-order chi connectivity index (χ0) is 23.4. The maximum atomic E-state index is 12.1. The molecule has 0 spiro atoms. The summed E-state index contributed by atoms with van der Waals surface area (Å²) in [5, 5.41) is 24.6. The monoisotopic (exact) mass is 446 g/mol. The lowest BCUT2D eigenvalue weighted by molar-refractivity contribution is 0.0679. The quantitative estimate of drug-likeness (QED) is 0.511. The number of aromatic carboxylic acids is 1. The van der Waals surface area contributed by atoms with Gasteiger partial charge in [-0.25, -0.2) is 4.79 Å². The SMILES string of the molecule is CC(C)(O)CCc1ccc(-c2cc3c(cn2)CCc2c-3nn(CC3(N)CC3)c2C(=O)O)cc1. The van der Waals surface area contributed by atoms with Gasteiger partial charge in [0.05, 0.1) is 23.5 Å². The molecule has 2 aromatic heterocycles. The van der Waals surface area contributed by atoms with Gasteiger partial charge in [-0.05, 0) is 69.6 Å². The summed E-state index contributed by atoms with van der Waals surface area (Å²) in [6, 6.07) is 10.3. The Kier molecular flexibility index (Phi) is 5.14. The number of carboxylic acids is 1. The van der Waals surface area contributed by atoms with Crippen LogP contribution in [0.2, 0.25) is 0 Å². The highest BCUT2D eigenvalue weighted by Gasteiger charge is 2.41. The lowest BCUT2D eigenvalue weighted by Crippen LogP contribution is -2.30. The first-order chi connectivity index (χ1) is 15.6. The van der Waals surface area contributed by atoms with Crippen LogP contribution in [0.4, 0.5) is 0 Å². The van der Waals surface area contributed by atoms with Crippen molar-refractivity contribution in [2.75, 3.05) is 0 Å². The van der Waals surface area contributed by atoms with Gasteiger partial charge in [-0.2, -0.15) is 5.10 Å². The first-order valence-electron chi connectivity index (χ1n) is 11.5. The van der Waals surface area contributed by atoms with Crippen LogP contribution in [0, 0.1) is 0 Å². The van der Waals surface area contributed by atoms with Gasteiger partial charge in [-0.3, -0.25) is 9.67 Å². The average molecular weight is 447 g/mol. The number of hydrogen-bond donors (Lipinski definition) is 3. The Morgan fingerprint density at radius 3 is 2.58 bits per heavy atom. The fourth-order valence-electron chi connectivity index (χ4n) is 4.54. The minimum absolute atomic E-state index is 0.266. The predicted octanol–water partition coefficient (Wildman–Crippen LogP) is 3.60. The van der Waals surface area contributed by atoms with E-state index in [9.17, 15) is 15.0 Å². The Morgan fingerprint density at radius 2 is 1.94 bits per heavy atom. The van der Waals surface area contributed by atoms with Crippen molar-refractivity contribution < 1.29 is 15.0 Å². The largest absolute Gasteiger partial charge is 0.477 e. The van der Waals surface area contributed by atoms with Crippen LogP contribution in [0.1, 0.15) is 60.3 Å². The van der Waals surface area contributed by atoms with E-state index < -0.39 is 11.6 Å². The Morgan fingerprint density at radius 1 is 1.21 bits per heavy atom. The summed E-state index contributed by atoms with van der Waals surface area (Å²) in [5.41, 5.74) is 12.1. The van der Waals surface area contributed by atoms with Crippen molar-refractivity contribution in [2.24, 2.45) is 5.73 Å². The first kappa shape index (κ1) is 21.8. The van der Waals surface area contributed by atoms with Gasteiger partial charge in [0.2, 0.25) is 0 Å². The van der Waals surface area contributed by atoms with Crippen LogP contribution >= 0.6 is 0 Å². The molecule has 172 valence electrons. The van der Waals surface area contributed by atoms with Gasteiger partial charge in [-0.15, -0.1) is 0 Å². The zero-order valence-electron chi connectivity index (χ0n) is 19.1. The number of hydrogen-bond acceptors (Lipinski definition) is 5. The molecule has 7 nitrogen and oxygen atoms in total. The van der Waals surface area contributed by atoms with Gasteiger partial charge in [0, 0.05) is 28.4 Å². The second-order valence-electron chi connectivity index (χ2n) is 10.2. The molecule has 33 heavy (non-hydrogen) atoms. The summed E-state index contributed by atoms with van der Waals surface area (Å²) < 4.78 is 1.60. The van der Waals surface area contributed by atoms with Gasteiger partial charge in [0.1, 0.15) is 5.69 Å². The van der Waals surface area contributed by atoms with E-state index in [2.05, 4.69) is 17.1 Å². The molecule has 0 atom stereocenters. The van der Waals surface area contributed by atoms with Gasteiger partial charge >= 0.3 is 5.97 Å². The van der Waals surface area contributed by atoms with Crippen LogP contribution < -0.4 is 5.73 Å². The standard InChI is InChI=1S/C26H30N4O3/c1-25(2,33)10-9-16-3-5-17(6-4-16)21-13-20-18(14-28-21)7-8-19-22(20)29-30(23(19)24(31)32)15-26(27)11-12-26/h3-6,13-14,33H,7-12,15,27H2,1-2H3,(H,31,32). The van der Waals surface area contributed by atoms with Crippen LogP contribution in [0.15, 0.2) is 36.5 Å². The molecule has 5 rings (SSSR count). The summed E-state index contributed by atoms with van der Waals surface area (Å²) in [4.78, 5) is 16.8. The molecule has 0 amide bonds. The number of nitrogens with zero attached hydrogens (tertiary/aromatic N) is 3. The number of aryl methyl sites for hydroxylation is 2. The normalized spacial score (nSPS) is 16.2. The van der Waals surface area contributed by atoms with Crippen molar-refractivity contribution in [3.05, 3.63) is 58.9 Å². The molecule has 2 heterocycles. The number of aromatic nitrogens is 3. The maximum Gasteiger partial charge on any atom is 0.354 e. The molecule has 4 N–H and O–H groups in total. The van der Waals surface area contributed by atoms with Gasteiger partial charge < -0.3 is 15.9 Å². The molecule has 1 saturated carbocycles. The average Bonchev–Trinajstić information content (AvgIpc) is 3.37. The van der Waals surface area contributed by atoms with E-state index in [1.54, 1.807) is 4.68 Å². The fraction of sp³-hybridized carbons (Fsp3) is 0.423. The highest BCUT2D eigenvalue weighted by molar-refractivity contribution is 5.91. The van der Waals surface area contributed by atoms with Crippen molar-refractivity contribution in [1.82, 2.24) is 14.8 Å². The molecule has 2 aliphatic carbocycles. The number of nitrogens with two attached hydrogens (primary N) is 1. The Bertz CT molecular complexity index is 1220. The Labute approximate surface area is 193 Å². The number of carbonyl (C=O) groups is 1. The summed E-state index contributed by atoms with van der Waals surface area (Å²) in [6.07, 6.45) is 6.57. The summed E-state index contributed by atoms with van der Waals surface area (Å²) in [5.74, 6) is -0.952. The van der Waals surface area contributed by atoms with E-state index >= 15 is 0 Å². The highest BCUT2D eigenvalue weighted by atomic mass is 16.4. The molecular formula is C26H30N4O3. The number of aliphatic hydroxyl groups is 1. The third kappa shape index (κ3) is 4.43. The molecule has 1 aromatic carbocycles. The van der Waals surface area contributed by atoms with E-state index in [1.165, 1.54) is 5.56 Å². The van der Waals surface area contributed by atoms with Crippen molar-refractivity contribution >= 4 is 5.97 Å². The summed E-state index contributed by atoms with van der Waals surface area (Å²) in [7, 11) is 0. The molecule has 2 aliphatic rings. The molecule has 0 aliphatic heterocycles. The third-order valence-corrected chi connectivity index (χ3v) is 6.77. The van der Waals surface area contributed by atoms with Crippen molar-refractivity contribution in [1.29, 1.82) is 0 Å². The third-order valence-electron chi connectivity index (χ3n) is 6.77. The van der Waals surface area contributed by atoms with Gasteiger partial charge in [0.25, 0.3) is 0 Å². The molecule has 0 unspecified atom stereocenters. The highest BCUT2D eigenvalue weighted by Crippen LogP contribution is 2.39. The number of fused-ring (bicyclic) bond motifs is 3. The first-order valence-corrected chi connectivity index (χ1v) is 11.5. The minimum atomic E-state index is -0.952. The molecule has 7 heteroatoms. The number of rotatable bonds is 7. The van der Waals surface area contributed by atoms with Crippen molar-refractivity contribution in [2.45, 2.75) is 70.1 Å². The lowest BCUT2D eigenvalue weighted by atomic mass is 9.89. The zero-order valence-corrected chi connectivity index (χ0v) is 19.1. The number of benzene rings is 1. The summed E-state index contributed by atoms with van der Waals surface area (Å²) >= 11 is 0. The Hall–Kier alpha value is -3.03. The lowest BCUT2D eigenvalue weighted by Gasteiger charge is -2.17. The van der Waals surface area contributed by atoms with E-state index in [4.69, 9.17) is 10.8 Å². The van der Waals surface area contributed by atoms with E-state index in [0.29, 0.717) is 19.4 Å². The second-order valence-corrected chi connectivity index (χ2v) is 10.2. The van der Waals surface area contributed by atoms with E-state index in [0.717, 1.165) is 59.3 Å². The predicted molar refractivity (Wildman–Crippen MR) is 126 cm³/mol. The van der Waals surface area contributed by atoms with Crippen LogP contribution in [0.25, 0.3) is 22.5 Å². The molecule has 1 fully saturated rings. The van der Waals surface area contributed by atoms with Crippen molar-refractivity contribution in [3.63, 3.8) is 0 Å². The number of carboxylic acid groups (broad SMARTS) is 1. The second kappa shape index (κ2) is 7.78. The van der Waals surface area contributed by atoms with E-state index in [-0.39, 0.29) is 11.2 Å². The smallest absolute Gasteiger partial charge is 0.354 e. The maximum absolute atomic E-state index is 12.1. The Balaban J connectivity index is 1.48. The minimum Gasteiger partial charge on any atom is -0.477 e. The van der Waals surface area contributed by atoms with Crippen LogP contribution in [-0.4, -0.2) is 42.1 Å². The molecule has 0 saturated heterocycles. The number of pyridine rings is 1. The molecular weight excluding hydrogens is 416 g/mol. The molecule has 0 bridgehead atoms. The molecule has 0 radical (unpaired) electrons. The van der Waals surface area contributed by atoms with Crippen LogP contribution in [-0.2, 0) is 25.8 Å². The van der Waals surface area contributed by atoms with Crippen molar-refractivity contribution in [3.8, 4) is 22.5 Å². The van der Waals surface area contributed by atoms with Gasteiger partial charge in [-0.1, -0.05) is 24.3 Å². The summed E-state index contributed by atoms with van der Waals surface area (Å²) in [6.45, 7) is 4.07. The van der Waals surface area contributed by atoms with Gasteiger partial charge in [0.15, 0.2) is 0 Å². The fourth-order valence-corrected chi connectivity index (χ4v) is 4.54. The van der Waals surface area contributed by atoms with Crippen LogP contribution in [0.3, 0.4) is 0 Å². The topological polar surface area (TPSA) is 114 Å². The molecule has 3 aromatic rings.